The standard InChI is InChI=1S/C27H22ClNO4/c1-18-25(27(31)32-2)24(26(30)29(18)22-13-11-21(28)12-14-22)16-20-9-6-10-23(15-20)33-17-19-7-4-3-5-8-19/h3-16H,17H2,1-2H3/b24-16-. The molecule has 0 N–H and O–H groups in total. The molecule has 0 atom stereocenters. The zero-order valence-electron chi connectivity index (χ0n) is 18.2. The molecule has 6 heteroatoms. The molecule has 5 nitrogen and oxygen atoms in total. The third kappa shape index (κ3) is 4.83. The van der Waals surface area contributed by atoms with Crippen LogP contribution in [0.15, 0.2) is 95.7 Å². The molecule has 0 saturated carbocycles. The number of anilines is 1. The van der Waals surface area contributed by atoms with Crippen molar-refractivity contribution >= 4 is 35.2 Å². The third-order valence-electron chi connectivity index (χ3n) is 5.29. The third-order valence-corrected chi connectivity index (χ3v) is 5.54. The van der Waals surface area contributed by atoms with E-state index < -0.39 is 5.97 Å². The number of esters is 1. The lowest BCUT2D eigenvalue weighted by Crippen LogP contribution is -2.24. The number of hydrogen-bond donors (Lipinski definition) is 0. The molecule has 0 spiro atoms. The summed E-state index contributed by atoms with van der Waals surface area (Å²) in [6.07, 6.45) is 1.68. The predicted molar refractivity (Wildman–Crippen MR) is 129 cm³/mol. The Morgan fingerprint density at radius 2 is 1.73 bits per heavy atom. The first-order valence-electron chi connectivity index (χ1n) is 10.4. The van der Waals surface area contributed by atoms with E-state index in [1.165, 1.54) is 12.0 Å². The second-order valence-corrected chi connectivity index (χ2v) is 7.91. The lowest BCUT2D eigenvalue weighted by atomic mass is 10.0. The Morgan fingerprint density at radius 1 is 1.00 bits per heavy atom. The van der Waals surface area contributed by atoms with E-state index >= 15 is 0 Å². The van der Waals surface area contributed by atoms with Crippen LogP contribution in [0.1, 0.15) is 18.1 Å². The number of methoxy groups -OCH3 is 1. The Balaban J connectivity index is 1.66. The quantitative estimate of drug-likeness (QED) is 0.345. The zero-order chi connectivity index (χ0) is 23.4. The first kappa shape index (κ1) is 22.4. The average Bonchev–Trinajstić information content (AvgIpc) is 3.08. The Bertz CT molecular complexity index is 1250. The Kier molecular flexibility index (Phi) is 6.61. The Morgan fingerprint density at radius 3 is 2.42 bits per heavy atom. The molecule has 0 saturated heterocycles. The van der Waals surface area contributed by atoms with Gasteiger partial charge in [0.05, 0.1) is 18.3 Å². The highest BCUT2D eigenvalue weighted by Crippen LogP contribution is 2.36. The van der Waals surface area contributed by atoms with Crippen molar-refractivity contribution in [2.75, 3.05) is 12.0 Å². The number of hydrogen-bond acceptors (Lipinski definition) is 4. The van der Waals surface area contributed by atoms with Gasteiger partial charge in [-0.15, -0.1) is 0 Å². The van der Waals surface area contributed by atoms with Crippen molar-refractivity contribution in [3.8, 4) is 5.75 Å². The number of carbonyl (C=O) groups is 2. The summed E-state index contributed by atoms with van der Waals surface area (Å²) in [6, 6.07) is 24.1. The van der Waals surface area contributed by atoms with E-state index in [1.54, 1.807) is 37.3 Å². The minimum atomic E-state index is -0.569. The summed E-state index contributed by atoms with van der Waals surface area (Å²) in [6.45, 7) is 2.15. The molecule has 0 radical (unpaired) electrons. The van der Waals surface area contributed by atoms with Crippen LogP contribution in [0.2, 0.25) is 5.02 Å². The SMILES string of the molecule is COC(=O)C1=C(C)N(c2ccc(Cl)cc2)C(=O)/C1=C\c1cccc(OCc2ccccc2)c1. The minimum absolute atomic E-state index is 0.230. The lowest BCUT2D eigenvalue weighted by molar-refractivity contribution is -0.136. The van der Waals surface area contributed by atoms with Crippen LogP contribution >= 0.6 is 11.6 Å². The van der Waals surface area contributed by atoms with Gasteiger partial charge >= 0.3 is 5.97 Å². The van der Waals surface area contributed by atoms with Crippen molar-refractivity contribution in [3.63, 3.8) is 0 Å². The highest BCUT2D eigenvalue weighted by Gasteiger charge is 2.37. The van der Waals surface area contributed by atoms with Crippen molar-refractivity contribution in [1.82, 2.24) is 0 Å². The van der Waals surface area contributed by atoms with Gasteiger partial charge in [0.25, 0.3) is 5.91 Å². The van der Waals surface area contributed by atoms with Crippen molar-refractivity contribution in [3.05, 3.63) is 112 Å². The lowest BCUT2D eigenvalue weighted by Gasteiger charge is -2.17. The first-order chi connectivity index (χ1) is 16.0. The van der Waals surface area contributed by atoms with Crippen LogP contribution in [0.3, 0.4) is 0 Å². The van der Waals surface area contributed by atoms with Crippen LogP contribution in [-0.4, -0.2) is 19.0 Å². The number of allylic oxidation sites excluding steroid dienone is 1. The average molecular weight is 460 g/mol. The summed E-state index contributed by atoms with van der Waals surface area (Å²) >= 11 is 6.00. The molecule has 3 aromatic rings. The number of ether oxygens (including phenoxy) is 2. The van der Waals surface area contributed by atoms with Crippen LogP contribution in [0.4, 0.5) is 5.69 Å². The maximum atomic E-state index is 13.4. The molecule has 166 valence electrons. The van der Waals surface area contributed by atoms with E-state index in [2.05, 4.69) is 0 Å². The molecule has 1 aliphatic rings. The molecule has 33 heavy (non-hydrogen) atoms. The second kappa shape index (κ2) is 9.76. The second-order valence-electron chi connectivity index (χ2n) is 7.47. The van der Waals surface area contributed by atoms with Crippen molar-refractivity contribution < 1.29 is 19.1 Å². The van der Waals surface area contributed by atoms with Crippen molar-refractivity contribution in [2.24, 2.45) is 0 Å². The molecule has 1 heterocycles. The highest BCUT2D eigenvalue weighted by atomic mass is 35.5. The van der Waals surface area contributed by atoms with E-state index in [1.807, 2.05) is 54.6 Å². The highest BCUT2D eigenvalue weighted by molar-refractivity contribution is 6.30. The van der Waals surface area contributed by atoms with Gasteiger partial charge in [-0.3, -0.25) is 9.69 Å². The number of benzene rings is 3. The molecule has 0 aliphatic carbocycles. The molecular formula is C27H22ClNO4. The molecule has 4 rings (SSSR count). The van der Waals surface area contributed by atoms with Crippen molar-refractivity contribution in [1.29, 1.82) is 0 Å². The van der Waals surface area contributed by atoms with Gasteiger partial charge in [0.2, 0.25) is 0 Å². The smallest absolute Gasteiger partial charge is 0.340 e. The van der Waals surface area contributed by atoms with Crippen LogP contribution in [0.5, 0.6) is 5.75 Å². The van der Waals surface area contributed by atoms with Crippen LogP contribution < -0.4 is 9.64 Å². The zero-order valence-corrected chi connectivity index (χ0v) is 19.0. The molecule has 1 amide bonds. The van der Waals surface area contributed by atoms with Gasteiger partial charge < -0.3 is 9.47 Å². The summed E-state index contributed by atoms with van der Waals surface area (Å²) in [5.74, 6) is -0.223. The van der Waals surface area contributed by atoms with Gasteiger partial charge in [-0.1, -0.05) is 54.1 Å². The fraction of sp³-hybridized carbons (Fsp3) is 0.111. The number of rotatable bonds is 6. The minimum Gasteiger partial charge on any atom is -0.489 e. The summed E-state index contributed by atoms with van der Waals surface area (Å²) in [5, 5.41) is 0.559. The Hall–Kier alpha value is -3.83. The largest absolute Gasteiger partial charge is 0.489 e. The van der Waals surface area contributed by atoms with E-state index in [4.69, 9.17) is 21.1 Å². The van der Waals surface area contributed by atoms with Gasteiger partial charge in [-0.2, -0.15) is 0 Å². The Labute approximate surface area is 197 Å². The van der Waals surface area contributed by atoms with E-state index in [0.29, 0.717) is 28.8 Å². The molecule has 0 bridgehead atoms. The number of nitrogens with zero attached hydrogens (tertiary/aromatic N) is 1. The normalized spacial score (nSPS) is 14.7. The summed E-state index contributed by atoms with van der Waals surface area (Å²) < 4.78 is 10.9. The van der Waals surface area contributed by atoms with Gasteiger partial charge in [0, 0.05) is 16.4 Å². The molecule has 3 aromatic carbocycles. The summed E-state index contributed by atoms with van der Waals surface area (Å²) in [5.41, 5.74) is 3.39. The van der Waals surface area contributed by atoms with Crippen LogP contribution in [0.25, 0.3) is 6.08 Å². The summed E-state index contributed by atoms with van der Waals surface area (Å²) in [4.78, 5) is 27.4. The fourth-order valence-electron chi connectivity index (χ4n) is 3.68. The number of halogens is 1. The summed E-state index contributed by atoms with van der Waals surface area (Å²) in [7, 11) is 1.30. The van der Waals surface area contributed by atoms with E-state index in [9.17, 15) is 9.59 Å². The molecule has 0 fully saturated rings. The molecule has 1 aliphatic heterocycles. The fourth-order valence-corrected chi connectivity index (χ4v) is 3.81. The van der Waals surface area contributed by atoms with Gasteiger partial charge in [-0.05, 0) is 60.5 Å². The first-order valence-corrected chi connectivity index (χ1v) is 10.7. The van der Waals surface area contributed by atoms with Crippen LogP contribution in [0, 0.1) is 0 Å². The maximum Gasteiger partial charge on any atom is 0.340 e. The molecule has 0 aromatic heterocycles. The van der Waals surface area contributed by atoms with E-state index in [0.717, 1.165) is 11.1 Å². The monoisotopic (exact) mass is 459 g/mol. The van der Waals surface area contributed by atoms with Crippen LogP contribution in [-0.2, 0) is 20.9 Å². The number of amides is 1. The van der Waals surface area contributed by atoms with Gasteiger partial charge in [0.15, 0.2) is 0 Å². The van der Waals surface area contributed by atoms with Gasteiger partial charge in [0.1, 0.15) is 12.4 Å². The number of carbonyl (C=O) groups excluding carboxylic acids is 2. The predicted octanol–water partition coefficient (Wildman–Crippen LogP) is 5.80. The van der Waals surface area contributed by atoms with E-state index in [-0.39, 0.29) is 17.1 Å². The molecule has 0 unspecified atom stereocenters. The van der Waals surface area contributed by atoms with Gasteiger partial charge in [-0.25, -0.2) is 4.79 Å². The molecular weight excluding hydrogens is 438 g/mol. The van der Waals surface area contributed by atoms with Crippen molar-refractivity contribution in [2.45, 2.75) is 13.5 Å². The topological polar surface area (TPSA) is 55.8 Å². The maximum absolute atomic E-state index is 13.4.